The Labute approximate surface area is 181 Å². The van der Waals surface area contributed by atoms with E-state index in [1.807, 2.05) is 42.5 Å². The van der Waals surface area contributed by atoms with Crippen LogP contribution in [0, 0.1) is 17.0 Å². The van der Waals surface area contributed by atoms with Gasteiger partial charge in [-0.1, -0.05) is 60.3 Å². The predicted molar refractivity (Wildman–Crippen MR) is 120 cm³/mol. The standard InChI is InChI=1S/C22H17N5O3S/c1-14-9-10-18(19(11-14)27(29)30)25-20(28)12-31-22-21(23-13-24-26-22)17-8-4-6-15-5-2-3-7-16(15)17/h2-11,13H,12H2,1H3,(H,25,28). The summed E-state index contributed by atoms with van der Waals surface area (Å²) in [7, 11) is 0. The molecule has 0 spiro atoms. The van der Waals surface area contributed by atoms with Gasteiger partial charge in [-0.3, -0.25) is 14.9 Å². The SMILES string of the molecule is Cc1ccc(NC(=O)CSc2nncnc2-c2cccc3ccccc23)c([N+](=O)[O-])c1. The maximum absolute atomic E-state index is 12.5. The second-order valence-electron chi connectivity index (χ2n) is 6.76. The van der Waals surface area contributed by atoms with Crippen LogP contribution in [0.3, 0.4) is 0 Å². The van der Waals surface area contributed by atoms with Crippen molar-refractivity contribution in [1.82, 2.24) is 15.2 Å². The molecule has 0 aliphatic rings. The summed E-state index contributed by atoms with van der Waals surface area (Å²) in [6.45, 7) is 1.75. The highest BCUT2D eigenvalue weighted by Gasteiger charge is 2.18. The van der Waals surface area contributed by atoms with Crippen molar-refractivity contribution >= 4 is 39.8 Å². The number of carbonyl (C=O) groups is 1. The minimum Gasteiger partial charge on any atom is -0.320 e. The van der Waals surface area contributed by atoms with Gasteiger partial charge in [-0.05, 0) is 29.3 Å². The first kappa shape index (κ1) is 20.4. The molecule has 0 aliphatic heterocycles. The summed E-state index contributed by atoms with van der Waals surface area (Å²) in [6.07, 6.45) is 1.37. The molecule has 1 N–H and O–H groups in total. The first-order chi connectivity index (χ1) is 15.0. The number of fused-ring (bicyclic) bond motifs is 1. The highest BCUT2D eigenvalue weighted by atomic mass is 32.2. The second kappa shape index (κ2) is 8.88. The van der Waals surface area contributed by atoms with E-state index in [4.69, 9.17) is 0 Å². The number of amides is 1. The smallest absolute Gasteiger partial charge is 0.293 e. The van der Waals surface area contributed by atoms with Crippen molar-refractivity contribution in [2.24, 2.45) is 0 Å². The number of hydrogen-bond donors (Lipinski definition) is 1. The molecule has 154 valence electrons. The fraction of sp³-hybridized carbons (Fsp3) is 0.0909. The van der Waals surface area contributed by atoms with Crippen LogP contribution in [0.5, 0.6) is 0 Å². The number of hydrogen-bond acceptors (Lipinski definition) is 7. The van der Waals surface area contributed by atoms with Gasteiger partial charge in [-0.2, -0.15) is 0 Å². The Kier molecular flexibility index (Phi) is 5.85. The number of thioether (sulfide) groups is 1. The number of nitrogens with zero attached hydrogens (tertiary/aromatic N) is 4. The first-order valence-electron chi connectivity index (χ1n) is 9.36. The molecule has 0 aliphatic carbocycles. The lowest BCUT2D eigenvalue weighted by Crippen LogP contribution is -2.15. The third kappa shape index (κ3) is 4.51. The van der Waals surface area contributed by atoms with Gasteiger partial charge in [0, 0.05) is 11.6 Å². The molecule has 1 amide bonds. The zero-order valence-electron chi connectivity index (χ0n) is 16.5. The number of aryl methyl sites for hydroxylation is 1. The molecule has 1 heterocycles. The summed E-state index contributed by atoms with van der Waals surface area (Å²) in [5.74, 6) is -0.380. The number of nitrogens with one attached hydrogen (secondary N) is 1. The molecule has 0 radical (unpaired) electrons. The van der Waals surface area contributed by atoms with Crippen molar-refractivity contribution in [2.75, 3.05) is 11.1 Å². The van der Waals surface area contributed by atoms with Crippen molar-refractivity contribution in [1.29, 1.82) is 0 Å². The number of carbonyl (C=O) groups excluding carboxylic acids is 1. The average Bonchev–Trinajstić information content (AvgIpc) is 2.78. The van der Waals surface area contributed by atoms with Gasteiger partial charge in [0.2, 0.25) is 5.91 Å². The van der Waals surface area contributed by atoms with E-state index in [-0.39, 0.29) is 23.0 Å². The summed E-state index contributed by atoms with van der Waals surface area (Å²) in [4.78, 5) is 27.6. The number of rotatable bonds is 6. The highest BCUT2D eigenvalue weighted by Crippen LogP contribution is 2.33. The Morgan fingerprint density at radius 1 is 1.13 bits per heavy atom. The van der Waals surface area contributed by atoms with Gasteiger partial charge < -0.3 is 5.32 Å². The first-order valence-corrected chi connectivity index (χ1v) is 10.3. The molecule has 0 unspecified atom stereocenters. The van der Waals surface area contributed by atoms with Crippen molar-refractivity contribution < 1.29 is 9.72 Å². The lowest BCUT2D eigenvalue weighted by molar-refractivity contribution is -0.384. The van der Waals surface area contributed by atoms with E-state index in [1.54, 1.807) is 13.0 Å². The van der Waals surface area contributed by atoms with Gasteiger partial charge in [-0.15, -0.1) is 10.2 Å². The molecule has 4 rings (SSSR count). The quantitative estimate of drug-likeness (QED) is 0.269. The summed E-state index contributed by atoms with van der Waals surface area (Å²) < 4.78 is 0. The zero-order chi connectivity index (χ0) is 21.8. The summed E-state index contributed by atoms with van der Waals surface area (Å²) in [6, 6.07) is 18.5. The molecule has 9 heteroatoms. The Morgan fingerprint density at radius 2 is 1.94 bits per heavy atom. The van der Waals surface area contributed by atoms with Crippen LogP contribution >= 0.6 is 11.8 Å². The molecule has 1 aromatic heterocycles. The molecule has 0 fully saturated rings. The molecule has 0 saturated heterocycles. The van der Waals surface area contributed by atoms with Gasteiger partial charge in [0.1, 0.15) is 22.7 Å². The summed E-state index contributed by atoms with van der Waals surface area (Å²) >= 11 is 1.18. The minimum absolute atomic E-state index is 0.00314. The number of aromatic nitrogens is 3. The van der Waals surface area contributed by atoms with E-state index in [9.17, 15) is 14.9 Å². The van der Waals surface area contributed by atoms with Gasteiger partial charge in [0.05, 0.1) is 10.7 Å². The van der Waals surface area contributed by atoms with Gasteiger partial charge in [0.25, 0.3) is 5.69 Å². The van der Waals surface area contributed by atoms with Crippen LogP contribution in [0.15, 0.2) is 72.0 Å². The molecule has 0 saturated carbocycles. The summed E-state index contributed by atoms with van der Waals surface area (Å²) in [5, 5.41) is 24.5. The van der Waals surface area contributed by atoms with Gasteiger partial charge >= 0.3 is 0 Å². The van der Waals surface area contributed by atoms with Crippen molar-refractivity contribution in [2.45, 2.75) is 11.9 Å². The van der Waals surface area contributed by atoms with Crippen LogP contribution < -0.4 is 5.32 Å². The molecule has 3 aromatic carbocycles. The third-order valence-corrected chi connectivity index (χ3v) is 5.55. The third-order valence-electron chi connectivity index (χ3n) is 4.60. The number of nitro groups is 1. The Bertz CT molecular complexity index is 1290. The van der Waals surface area contributed by atoms with Crippen LogP contribution in [0.1, 0.15) is 5.56 Å². The molecular weight excluding hydrogens is 414 g/mol. The van der Waals surface area contributed by atoms with Gasteiger partial charge in [0.15, 0.2) is 0 Å². The zero-order valence-corrected chi connectivity index (χ0v) is 17.3. The maximum Gasteiger partial charge on any atom is 0.293 e. The fourth-order valence-electron chi connectivity index (χ4n) is 3.20. The Morgan fingerprint density at radius 3 is 2.77 bits per heavy atom. The molecule has 0 bridgehead atoms. The molecule has 31 heavy (non-hydrogen) atoms. The lowest BCUT2D eigenvalue weighted by atomic mass is 10.0. The Hall–Kier alpha value is -3.85. The summed E-state index contributed by atoms with van der Waals surface area (Å²) in [5.41, 5.74) is 2.28. The van der Waals surface area contributed by atoms with E-state index in [1.165, 1.54) is 30.2 Å². The van der Waals surface area contributed by atoms with Gasteiger partial charge in [-0.25, -0.2) is 4.98 Å². The number of nitro benzene ring substituents is 1. The highest BCUT2D eigenvalue weighted by molar-refractivity contribution is 8.00. The molecule has 8 nitrogen and oxygen atoms in total. The van der Waals surface area contributed by atoms with Crippen LogP contribution in [0.2, 0.25) is 0 Å². The average molecular weight is 431 g/mol. The molecule has 4 aromatic rings. The van der Waals surface area contributed by atoms with Crippen molar-refractivity contribution in [3.63, 3.8) is 0 Å². The largest absolute Gasteiger partial charge is 0.320 e. The lowest BCUT2D eigenvalue weighted by Gasteiger charge is -2.10. The monoisotopic (exact) mass is 431 g/mol. The maximum atomic E-state index is 12.5. The topological polar surface area (TPSA) is 111 Å². The van der Waals surface area contributed by atoms with Crippen LogP contribution in [-0.4, -0.2) is 31.8 Å². The van der Waals surface area contributed by atoms with E-state index < -0.39 is 4.92 Å². The normalized spacial score (nSPS) is 10.7. The van der Waals surface area contributed by atoms with E-state index in [0.29, 0.717) is 10.7 Å². The second-order valence-corrected chi connectivity index (χ2v) is 7.72. The molecule has 0 atom stereocenters. The molecular formula is C22H17N5O3S. The fourth-order valence-corrected chi connectivity index (χ4v) is 3.94. The van der Waals surface area contributed by atoms with Crippen molar-refractivity contribution in [3.05, 3.63) is 82.7 Å². The predicted octanol–water partition coefficient (Wildman–Crippen LogP) is 4.64. The van der Waals surface area contributed by atoms with Crippen LogP contribution in [0.4, 0.5) is 11.4 Å². The number of anilines is 1. The van der Waals surface area contributed by atoms with E-state index >= 15 is 0 Å². The minimum atomic E-state index is -0.513. The van der Waals surface area contributed by atoms with Crippen molar-refractivity contribution in [3.8, 4) is 11.3 Å². The van der Waals surface area contributed by atoms with E-state index in [2.05, 4.69) is 20.5 Å². The van der Waals surface area contributed by atoms with E-state index in [0.717, 1.165) is 21.9 Å². The van der Waals surface area contributed by atoms with Crippen LogP contribution in [0.25, 0.3) is 22.0 Å². The van der Waals surface area contributed by atoms with Crippen LogP contribution in [-0.2, 0) is 4.79 Å². The number of benzene rings is 3. The Balaban J connectivity index is 1.56.